The van der Waals surface area contributed by atoms with Gasteiger partial charge in [-0.1, -0.05) is 24.3 Å². The first kappa shape index (κ1) is 18.6. The minimum Gasteiger partial charge on any atom is -0.294 e. The molecule has 2 rings (SSSR count). The Bertz CT molecular complexity index is 648. The van der Waals surface area contributed by atoms with Gasteiger partial charge in [-0.2, -0.15) is 39.5 Å². The normalized spacial score (nSPS) is 20.0. The molecule has 134 valence electrons. The van der Waals surface area contributed by atoms with Crippen molar-refractivity contribution in [3.8, 4) is 0 Å². The second-order valence-corrected chi connectivity index (χ2v) is 5.38. The molecule has 24 heavy (non-hydrogen) atoms. The highest BCUT2D eigenvalue weighted by Gasteiger charge is 2.83. The molecule has 1 nitrogen and oxygen atoms in total. The lowest BCUT2D eigenvalue weighted by atomic mass is 9.76. The van der Waals surface area contributed by atoms with Crippen LogP contribution in [0.1, 0.15) is 22.3 Å². The van der Waals surface area contributed by atoms with E-state index in [4.69, 9.17) is 0 Å². The Hall–Kier alpha value is -1.74. The number of hydrogen-bond donors (Lipinski definition) is 0. The molecule has 0 aliphatic heterocycles. The highest BCUT2D eigenvalue weighted by Crippen LogP contribution is 2.56. The molecular formula is C14H9F9O. The van der Waals surface area contributed by atoms with Gasteiger partial charge in [-0.05, 0) is 18.4 Å². The van der Waals surface area contributed by atoms with Crippen LogP contribution in [0.4, 0.5) is 39.5 Å². The fourth-order valence-corrected chi connectivity index (χ4v) is 2.55. The second kappa shape index (κ2) is 5.38. The van der Waals surface area contributed by atoms with E-state index in [-0.39, 0.29) is 17.5 Å². The van der Waals surface area contributed by atoms with E-state index in [1.54, 1.807) is 0 Å². The van der Waals surface area contributed by atoms with Gasteiger partial charge in [0.25, 0.3) is 0 Å². The monoisotopic (exact) mass is 364 g/mol. The van der Waals surface area contributed by atoms with E-state index in [0.29, 0.717) is 0 Å². The summed E-state index contributed by atoms with van der Waals surface area (Å²) in [6, 6.07) is 5.06. The summed E-state index contributed by atoms with van der Waals surface area (Å²) in [4.78, 5) is 11.9. The molecule has 0 saturated carbocycles. The van der Waals surface area contributed by atoms with Gasteiger partial charge in [0, 0.05) is 5.56 Å². The van der Waals surface area contributed by atoms with Gasteiger partial charge >= 0.3 is 23.9 Å². The first-order chi connectivity index (χ1) is 10.7. The van der Waals surface area contributed by atoms with Crippen LogP contribution in [-0.4, -0.2) is 29.7 Å². The van der Waals surface area contributed by atoms with Crippen molar-refractivity contribution in [3.05, 3.63) is 35.4 Å². The van der Waals surface area contributed by atoms with E-state index >= 15 is 0 Å². The van der Waals surface area contributed by atoms with Crippen molar-refractivity contribution in [1.82, 2.24) is 0 Å². The van der Waals surface area contributed by atoms with Crippen molar-refractivity contribution in [1.29, 1.82) is 0 Å². The van der Waals surface area contributed by atoms with E-state index in [2.05, 4.69) is 0 Å². The summed E-state index contributed by atoms with van der Waals surface area (Å²) in [5.41, 5.74) is -0.153. The molecule has 1 aromatic carbocycles. The average molecular weight is 364 g/mol. The van der Waals surface area contributed by atoms with Crippen molar-refractivity contribution < 1.29 is 44.3 Å². The molecule has 1 aliphatic carbocycles. The summed E-state index contributed by atoms with van der Waals surface area (Å²) in [6.45, 7) is 0. The minimum atomic E-state index is -6.99. The Kier molecular flexibility index (Phi) is 4.17. The summed E-state index contributed by atoms with van der Waals surface area (Å²) in [6.07, 6.45) is -8.18. The first-order valence-electron chi connectivity index (χ1n) is 6.57. The number of rotatable bonds is 3. The van der Waals surface area contributed by atoms with E-state index in [9.17, 15) is 44.3 Å². The van der Waals surface area contributed by atoms with Gasteiger partial charge in [-0.15, -0.1) is 0 Å². The molecule has 0 fully saturated rings. The van der Waals surface area contributed by atoms with Crippen LogP contribution in [0.5, 0.6) is 0 Å². The van der Waals surface area contributed by atoms with E-state index in [1.807, 2.05) is 0 Å². The maximum absolute atomic E-state index is 13.9. The average Bonchev–Trinajstić information content (AvgIpc) is 2.46. The number of fused-ring (bicyclic) bond motifs is 1. The molecule has 1 aromatic rings. The lowest BCUT2D eigenvalue weighted by Gasteiger charge is -2.38. The first-order valence-corrected chi connectivity index (χ1v) is 6.57. The van der Waals surface area contributed by atoms with Gasteiger partial charge in [0.05, 0.1) is 5.92 Å². The van der Waals surface area contributed by atoms with Crippen molar-refractivity contribution in [2.45, 2.75) is 36.8 Å². The molecule has 1 atom stereocenters. The van der Waals surface area contributed by atoms with Gasteiger partial charge in [0.15, 0.2) is 5.78 Å². The predicted octanol–water partition coefficient (Wildman–Crippen LogP) is 4.90. The molecule has 0 amide bonds. The summed E-state index contributed by atoms with van der Waals surface area (Å²) in [7, 11) is 0. The molecule has 0 N–H and O–H groups in total. The summed E-state index contributed by atoms with van der Waals surface area (Å²) in [5.74, 6) is -24.2. The van der Waals surface area contributed by atoms with Crippen LogP contribution >= 0.6 is 0 Å². The zero-order valence-corrected chi connectivity index (χ0v) is 11.6. The molecule has 0 saturated heterocycles. The molecule has 10 heteroatoms. The number of ketones is 1. The molecule has 0 aromatic heterocycles. The minimum absolute atomic E-state index is 0.237. The number of alkyl halides is 9. The fraction of sp³-hybridized carbons (Fsp3) is 0.500. The third-order valence-corrected chi connectivity index (χ3v) is 3.91. The van der Waals surface area contributed by atoms with Crippen molar-refractivity contribution in [3.63, 3.8) is 0 Å². The van der Waals surface area contributed by atoms with Gasteiger partial charge in [-0.25, -0.2) is 0 Å². The Morgan fingerprint density at radius 2 is 1.38 bits per heavy atom. The zero-order chi connectivity index (χ0) is 18.6. The number of benzene rings is 1. The summed E-state index contributed by atoms with van der Waals surface area (Å²) < 4.78 is 117. The lowest BCUT2D eigenvalue weighted by molar-refractivity contribution is -0.400. The smallest absolute Gasteiger partial charge is 0.294 e. The summed E-state index contributed by atoms with van der Waals surface area (Å²) in [5, 5.41) is 0. The van der Waals surface area contributed by atoms with Crippen LogP contribution in [-0.2, 0) is 6.42 Å². The van der Waals surface area contributed by atoms with Crippen LogP contribution in [0, 0.1) is 5.92 Å². The maximum Gasteiger partial charge on any atom is 0.460 e. The van der Waals surface area contributed by atoms with Crippen LogP contribution in [0.15, 0.2) is 24.3 Å². The van der Waals surface area contributed by atoms with E-state index in [0.717, 1.165) is 6.07 Å². The third-order valence-electron chi connectivity index (χ3n) is 3.91. The Balaban J connectivity index is 2.46. The molecule has 1 unspecified atom stereocenters. The highest BCUT2D eigenvalue weighted by atomic mass is 19.4. The van der Waals surface area contributed by atoms with Gasteiger partial charge in [0.1, 0.15) is 0 Å². The molecule has 1 aliphatic rings. The van der Waals surface area contributed by atoms with Gasteiger partial charge in [-0.3, -0.25) is 4.79 Å². The molecular weight excluding hydrogens is 355 g/mol. The quantitative estimate of drug-likeness (QED) is 0.698. The van der Waals surface area contributed by atoms with Crippen LogP contribution in [0.3, 0.4) is 0 Å². The van der Waals surface area contributed by atoms with Crippen molar-refractivity contribution in [2.24, 2.45) is 5.92 Å². The van der Waals surface area contributed by atoms with Gasteiger partial charge < -0.3 is 0 Å². The van der Waals surface area contributed by atoms with Crippen molar-refractivity contribution in [2.75, 3.05) is 0 Å². The predicted molar refractivity (Wildman–Crippen MR) is 63.5 cm³/mol. The van der Waals surface area contributed by atoms with Crippen LogP contribution < -0.4 is 0 Å². The number of aryl methyl sites for hydroxylation is 1. The van der Waals surface area contributed by atoms with Crippen molar-refractivity contribution >= 4 is 5.78 Å². The van der Waals surface area contributed by atoms with E-state index < -0.39 is 42.1 Å². The number of carbonyl (C=O) groups is 1. The number of hydrogen-bond acceptors (Lipinski definition) is 1. The molecule has 0 bridgehead atoms. The number of halogens is 9. The highest BCUT2D eigenvalue weighted by molar-refractivity contribution is 6.00. The maximum atomic E-state index is 13.9. The van der Waals surface area contributed by atoms with Crippen LogP contribution in [0.2, 0.25) is 0 Å². The Morgan fingerprint density at radius 3 is 1.92 bits per heavy atom. The van der Waals surface area contributed by atoms with Crippen LogP contribution in [0.25, 0.3) is 0 Å². The zero-order valence-electron chi connectivity index (χ0n) is 11.6. The number of Topliss-reactive ketones (excluding diaryl/α,β-unsaturated/α-hetero) is 1. The lowest BCUT2D eigenvalue weighted by Crippen LogP contribution is -2.64. The second-order valence-electron chi connectivity index (χ2n) is 5.38. The fourth-order valence-electron chi connectivity index (χ4n) is 2.55. The Morgan fingerprint density at radius 1 is 0.833 bits per heavy atom. The topological polar surface area (TPSA) is 17.1 Å². The van der Waals surface area contributed by atoms with E-state index in [1.165, 1.54) is 18.2 Å². The largest absolute Gasteiger partial charge is 0.460 e. The molecule has 0 spiro atoms. The molecule has 0 radical (unpaired) electrons. The number of carbonyl (C=O) groups excluding carboxylic acids is 1. The SMILES string of the molecule is O=C1c2ccccc2CCC1C(F)(F)C(F)(F)C(F)(F)C(F)(F)F. The third kappa shape index (κ3) is 2.46. The van der Waals surface area contributed by atoms with Gasteiger partial charge in [0.2, 0.25) is 0 Å². The summed E-state index contributed by atoms with van der Waals surface area (Å²) >= 11 is 0. The Labute approximate surface area is 129 Å². The standard InChI is InChI=1S/C14H9F9O/c15-11(16,12(17,18)13(19,20)14(21,22)23)9-6-5-7-3-1-2-4-8(7)10(9)24/h1-4,9H,5-6H2. The molecule has 0 heterocycles.